The highest BCUT2D eigenvalue weighted by Crippen LogP contribution is 2.35. The zero-order valence-corrected chi connectivity index (χ0v) is 10.3. The monoisotopic (exact) mass is 245 g/mol. The van der Waals surface area contributed by atoms with Gasteiger partial charge < -0.3 is 5.32 Å². The van der Waals surface area contributed by atoms with E-state index >= 15 is 0 Å². The number of benzene rings is 1. The van der Waals surface area contributed by atoms with Crippen LogP contribution in [0.1, 0.15) is 32.8 Å². The largest absolute Gasteiger partial charge is 0.418 e. The van der Waals surface area contributed by atoms with Crippen LogP contribution >= 0.6 is 0 Å². The summed E-state index contributed by atoms with van der Waals surface area (Å²) in [5, 5.41) is 2.95. The average molecular weight is 245 g/mol. The normalized spacial score (nSPS) is 15.4. The van der Waals surface area contributed by atoms with Crippen LogP contribution in [0.25, 0.3) is 0 Å². The van der Waals surface area contributed by atoms with E-state index in [0.717, 1.165) is 12.5 Å². The lowest BCUT2D eigenvalue weighted by Crippen LogP contribution is -2.24. The summed E-state index contributed by atoms with van der Waals surface area (Å²) in [6, 6.07) is 5.61. The van der Waals surface area contributed by atoms with Crippen molar-refractivity contribution in [1.82, 2.24) is 0 Å². The first-order valence-corrected chi connectivity index (χ1v) is 5.79. The van der Waals surface area contributed by atoms with Crippen LogP contribution in [-0.4, -0.2) is 6.04 Å². The smallest absolute Gasteiger partial charge is 0.382 e. The Labute approximate surface area is 100 Å². The van der Waals surface area contributed by atoms with E-state index in [1.54, 1.807) is 6.07 Å². The van der Waals surface area contributed by atoms with Crippen molar-refractivity contribution in [2.45, 2.75) is 39.4 Å². The van der Waals surface area contributed by atoms with Crippen LogP contribution in [0.2, 0.25) is 0 Å². The molecule has 4 heteroatoms. The maximum absolute atomic E-state index is 12.7. The number of hydrogen-bond acceptors (Lipinski definition) is 1. The summed E-state index contributed by atoms with van der Waals surface area (Å²) in [6.07, 6.45) is -3.37. The predicted molar refractivity (Wildman–Crippen MR) is 64.0 cm³/mol. The van der Waals surface area contributed by atoms with Crippen LogP contribution in [0.4, 0.5) is 18.9 Å². The van der Waals surface area contributed by atoms with Crippen molar-refractivity contribution in [2.75, 3.05) is 5.32 Å². The molecule has 1 aromatic rings. The molecule has 0 spiro atoms. The molecule has 2 unspecified atom stereocenters. The molecule has 1 N–H and O–H groups in total. The highest BCUT2D eigenvalue weighted by molar-refractivity contribution is 5.53. The van der Waals surface area contributed by atoms with Gasteiger partial charge in [-0.25, -0.2) is 0 Å². The maximum Gasteiger partial charge on any atom is 0.418 e. The van der Waals surface area contributed by atoms with Gasteiger partial charge in [0.25, 0.3) is 0 Å². The molecule has 2 atom stereocenters. The van der Waals surface area contributed by atoms with Gasteiger partial charge in [-0.1, -0.05) is 32.4 Å². The van der Waals surface area contributed by atoms with Gasteiger partial charge in [-0.3, -0.25) is 0 Å². The molecular formula is C13H18F3N. The molecule has 1 aromatic carbocycles. The van der Waals surface area contributed by atoms with Crippen molar-refractivity contribution >= 4 is 5.69 Å². The fraction of sp³-hybridized carbons (Fsp3) is 0.538. The maximum atomic E-state index is 12.7. The van der Waals surface area contributed by atoms with E-state index in [9.17, 15) is 13.2 Å². The zero-order chi connectivity index (χ0) is 13.1. The van der Waals surface area contributed by atoms with Crippen LogP contribution in [0.3, 0.4) is 0 Å². The molecule has 0 aliphatic rings. The third-order valence-corrected chi connectivity index (χ3v) is 3.11. The van der Waals surface area contributed by atoms with Gasteiger partial charge in [-0.15, -0.1) is 0 Å². The molecule has 0 radical (unpaired) electrons. The Hall–Kier alpha value is -1.19. The summed E-state index contributed by atoms with van der Waals surface area (Å²) in [6.45, 7) is 5.95. The first-order chi connectivity index (χ1) is 7.86. The average Bonchev–Trinajstić information content (AvgIpc) is 2.27. The predicted octanol–water partition coefficient (Wildman–Crippen LogP) is 4.55. The molecule has 0 fully saturated rings. The van der Waals surface area contributed by atoms with Crippen LogP contribution in [0.15, 0.2) is 24.3 Å². The standard InChI is InChI=1S/C13H18F3N/c1-4-9(2)10(3)17-12-8-6-5-7-11(12)13(14,15)16/h5-10,17H,4H2,1-3H3. The molecule has 17 heavy (non-hydrogen) atoms. The first kappa shape index (κ1) is 13.9. The van der Waals surface area contributed by atoms with Gasteiger partial charge in [0.1, 0.15) is 0 Å². The van der Waals surface area contributed by atoms with E-state index in [0.29, 0.717) is 5.92 Å². The summed E-state index contributed by atoms with van der Waals surface area (Å²) < 4.78 is 38.2. The highest BCUT2D eigenvalue weighted by Gasteiger charge is 2.33. The van der Waals surface area contributed by atoms with Crippen molar-refractivity contribution in [3.8, 4) is 0 Å². The van der Waals surface area contributed by atoms with Crippen molar-refractivity contribution in [1.29, 1.82) is 0 Å². The molecule has 96 valence electrons. The summed E-state index contributed by atoms with van der Waals surface area (Å²) in [5.74, 6) is 0.330. The SMILES string of the molecule is CCC(C)C(C)Nc1ccccc1C(F)(F)F. The van der Waals surface area contributed by atoms with Crippen LogP contribution < -0.4 is 5.32 Å². The topological polar surface area (TPSA) is 12.0 Å². The quantitative estimate of drug-likeness (QED) is 0.820. The van der Waals surface area contributed by atoms with E-state index in [2.05, 4.69) is 5.32 Å². The van der Waals surface area contributed by atoms with Crippen LogP contribution in [0, 0.1) is 5.92 Å². The lowest BCUT2D eigenvalue weighted by atomic mass is 10.00. The summed E-state index contributed by atoms with van der Waals surface area (Å²) in [5.41, 5.74) is -0.442. The number of hydrogen-bond donors (Lipinski definition) is 1. The van der Waals surface area contributed by atoms with Crippen LogP contribution in [-0.2, 0) is 6.18 Å². The molecule has 1 nitrogen and oxygen atoms in total. The molecule has 0 amide bonds. The Morgan fingerprint density at radius 3 is 2.29 bits per heavy atom. The number of anilines is 1. The highest BCUT2D eigenvalue weighted by atomic mass is 19.4. The summed E-state index contributed by atoms with van der Waals surface area (Å²) in [7, 11) is 0. The fourth-order valence-electron chi connectivity index (χ4n) is 1.60. The third-order valence-electron chi connectivity index (χ3n) is 3.11. The zero-order valence-electron chi connectivity index (χ0n) is 10.3. The van der Waals surface area contributed by atoms with Crippen molar-refractivity contribution in [3.05, 3.63) is 29.8 Å². The number of rotatable bonds is 4. The Kier molecular flexibility index (Phi) is 4.43. The van der Waals surface area contributed by atoms with Crippen molar-refractivity contribution < 1.29 is 13.2 Å². The van der Waals surface area contributed by atoms with Gasteiger partial charge >= 0.3 is 6.18 Å². The van der Waals surface area contributed by atoms with E-state index in [1.165, 1.54) is 12.1 Å². The van der Waals surface area contributed by atoms with Gasteiger partial charge in [-0.2, -0.15) is 13.2 Å². The van der Waals surface area contributed by atoms with Gasteiger partial charge in [0.05, 0.1) is 5.56 Å². The van der Waals surface area contributed by atoms with Gasteiger partial charge in [0.2, 0.25) is 0 Å². The number of alkyl halides is 3. The first-order valence-electron chi connectivity index (χ1n) is 5.79. The Morgan fingerprint density at radius 2 is 1.76 bits per heavy atom. The van der Waals surface area contributed by atoms with Gasteiger partial charge in [0, 0.05) is 11.7 Å². The Bertz CT molecular complexity index is 360. The molecule has 0 bridgehead atoms. The van der Waals surface area contributed by atoms with E-state index in [4.69, 9.17) is 0 Å². The second kappa shape index (κ2) is 5.43. The molecule has 1 rings (SSSR count). The number of halogens is 3. The molecule has 0 heterocycles. The summed E-state index contributed by atoms with van der Waals surface area (Å²) >= 11 is 0. The Morgan fingerprint density at radius 1 is 1.18 bits per heavy atom. The molecule has 0 aliphatic carbocycles. The minimum atomic E-state index is -4.31. The third kappa shape index (κ3) is 3.65. The minimum absolute atomic E-state index is 0.0171. The van der Waals surface area contributed by atoms with E-state index in [-0.39, 0.29) is 11.7 Å². The number of para-hydroxylation sites is 1. The molecular weight excluding hydrogens is 227 g/mol. The Balaban J connectivity index is 2.91. The van der Waals surface area contributed by atoms with E-state index < -0.39 is 11.7 Å². The van der Waals surface area contributed by atoms with Crippen molar-refractivity contribution in [3.63, 3.8) is 0 Å². The van der Waals surface area contributed by atoms with E-state index in [1.807, 2.05) is 20.8 Å². The minimum Gasteiger partial charge on any atom is -0.382 e. The second-order valence-electron chi connectivity index (χ2n) is 4.36. The fourth-order valence-corrected chi connectivity index (χ4v) is 1.60. The lowest BCUT2D eigenvalue weighted by molar-refractivity contribution is -0.137. The molecule has 0 saturated heterocycles. The molecule has 0 saturated carbocycles. The molecule has 0 aromatic heterocycles. The second-order valence-corrected chi connectivity index (χ2v) is 4.36. The lowest BCUT2D eigenvalue weighted by Gasteiger charge is -2.23. The molecule has 0 aliphatic heterocycles. The van der Waals surface area contributed by atoms with Crippen LogP contribution in [0.5, 0.6) is 0 Å². The summed E-state index contributed by atoms with van der Waals surface area (Å²) in [4.78, 5) is 0. The van der Waals surface area contributed by atoms with Gasteiger partial charge in [0.15, 0.2) is 0 Å². The van der Waals surface area contributed by atoms with Gasteiger partial charge in [-0.05, 0) is 25.0 Å². The van der Waals surface area contributed by atoms with Crippen molar-refractivity contribution in [2.24, 2.45) is 5.92 Å². The number of nitrogens with one attached hydrogen (secondary N) is 1.